The van der Waals surface area contributed by atoms with Crippen LogP contribution in [0, 0.1) is 0 Å². The number of carbonyl (C=O) groups excluding carboxylic acids is 1. The number of hydrogen-bond acceptors (Lipinski definition) is 8. The number of carbonyl (C=O) groups is 1. The quantitative estimate of drug-likeness (QED) is 0.244. The van der Waals surface area contributed by atoms with Gasteiger partial charge in [-0.25, -0.2) is 4.79 Å². The van der Waals surface area contributed by atoms with E-state index in [2.05, 4.69) is 9.88 Å². The molecule has 2 aliphatic heterocycles. The van der Waals surface area contributed by atoms with E-state index in [0.29, 0.717) is 44.3 Å². The molecule has 4 heterocycles. The molecule has 0 spiro atoms. The maximum Gasteiger partial charge on any atom is 0.410 e. The number of ether oxygens (including phenoxy) is 4. The van der Waals surface area contributed by atoms with E-state index < -0.39 is 5.60 Å². The summed E-state index contributed by atoms with van der Waals surface area (Å²) in [7, 11) is 1.63. The van der Waals surface area contributed by atoms with Crippen LogP contribution in [0.5, 0.6) is 17.2 Å². The van der Waals surface area contributed by atoms with Crippen molar-refractivity contribution >= 4 is 17.0 Å². The van der Waals surface area contributed by atoms with Crippen molar-refractivity contribution in [2.45, 2.75) is 58.3 Å². The number of rotatable bonds is 8. The summed E-state index contributed by atoms with van der Waals surface area (Å²) in [5.74, 6) is 2.12. The molecular formula is C36H42N4O6. The molecule has 1 amide bonds. The van der Waals surface area contributed by atoms with Gasteiger partial charge in [-0.2, -0.15) is 0 Å². The lowest BCUT2D eigenvalue weighted by molar-refractivity contribution is 0.00562. The number of methoxy groups -OCH3 is 1. The molecule has 0 atom stereocenters. The molecule has 0 bridgehead atoms. The average Bonchev–Trinajstić information content (AvgIpc) is 3.06. The van der Waals surface area contributed by atoms with Gasteiger partial charge in [0.25, 0.3) is 5.56 Å². The predicted octanol–water partition coefficient (Wildman–Crippen LogP) is 5.75. The molecule has 4 aromatic rings. The number of piperidine rings is 1. The lowest BCUT2D eigenvalue weighted by Crippen LogP contribution is -2.49. The standard InChI is InChI=1S/C36H42N4O6/c1-36(2,3)46-35(42)40(24-25-8-11-32-33(21-25)45-20-19-44-32)26-12-15-38(16-13-26)17-18-39-31-22-27(43-4)9-10-28(31)29(23-34(39)41)30-7-5-6-14-37-30/h5-11,14,21-23,26H,12-13,15-20,24H2,1-4H3. The first-order chi connectivity index (χ1) is 22.2. The molecule has 10 heteroatoms. The van der Waals surface area contributed by atoms with Crippen molar-refractivity contribution in [1.82, 2.24) is 19.4 Å². The van der Waals surface area contributed by atoms with Crippen LogP contribution in [0.2, 0.25) is 0 Å². The summed E-state index contributed by atoms with van der Waals surface area (Å²) in [6.07, 6.45) is 3.01. The molecule has 1 saturated heterocycles. The lowest BCUT2D eigenvalue weighted by Gasteiger charge is -2.39. The van der Waals surface area contributed by atoms with Gasteiger partial charge in [-0.05, 0) is 75.6 Å². The zero-order valence-corrected chi connectivity index (χ0v) is 27.0. The van der Waals surface area contributed by atoms with E-state index in [0.717, 1.165) is 59.4 Å². The van der Waals surface area contributed by atoms with Gasteiger partial charge in [0.2, 0.25) is 0 Å². The highest BCUT2D eigenvalue weighted by molar-refractivity contribution is 5.94. The first-order valence-corrected chi connectivity index (χ1v) is 15.9. The molecule has 2 aromatic carbocycles. The first kappa shape index (κ1) is 31.4. The van der Waals surface area contributed by atoms with Crippen LogP contribution in [0.1, 0.15) is 39.2 Å². The minimum atomic E-state index is -0.603. The molecule has 2 aromatic heterocycles. The van der Waals surface area contributed by atoms with Gasteiger partial charge in [0.1, 0.15) is 24.6 Å². The fourth-order valence-corrected chi connectivity index (χ4v) is 6.19. The molecular weight excluding hydrogens is 584 g/mol. The summed E-state index contributed by atoms with van der Waals surface area (Å²) in [6.45, 7) is 9.96. The molecule has 0 saturated carbocycles. The van der Waals surface area contributed by atoms with Crippen LogP contribution in [0.25, 0.3) is 22.2 Å². The Balaban J connectivity index is 1.17. The van der Waals surface area contributed by atoms with E-state index in [1.165, 1.54) is 0 Å². The molecule has 10 nitrogen and oxygen atoms in total. The topological polar surface area (TPSA) is 95.4 Å². The Labute approximate surface area is 269 Å². The molecule has 0 unspecified atom stereocenters. The number of pyridine rings is 2. The van der Waals surface area contributed by atoms with Gasteiger partial charge in [0.05, 0.1) is 18.3 Å². The average molecular weight is 627 g/mol. The monoisotopic (exact) mass is 626 g/mol. The van der Waals surface area contributed by atoms with Crippen molar-refractivity contribution in [3.63, 3.8) is 0 Å². The summed E-state index contributed by atoms with van der Waals surface area (Å²) in [4.78, 5) is 35.7. The van der Waals surface area contributed by atoms with Crippen LogP contribution >= 0.6 is 0 Å². The third kappa shape index (κ3) is 7.12. The van der Waals surface area contributed by atoms with Gasteiger partial charge in [-0.3, -0.25) is 9.78 Å². The highest BCUT2D eigenvalue weighted by Gasteiger charge is 2.31. The van der Waals surface area contributed by atoms with Gasteiger partial charge < -0.3 is 33.3 Å². The van der Waals surface area contributed by atoms with Crippen molar-refractivity contribution in [1.29, 1.82) is 0 Å². The summed E-state index contributed by atoms with van der Waals surface area (Å²) >= 11 is 0. The minimum absolute atomic E-state index is 0.0183. The number of benzene rings is 2. The maximum absolute atomic E-state index is 13.5. The van der Waals surface area contributed by atoms with Gasteiger partial charge in [0.15, 0.2) is 11.5 Å². The second-order valence-corrected chi connectivity index (χ2v) is 12.8. The molecule has 0 radical (unpaired) electrons. The normalized spacial score (nSPS) is 15.5. The Morgan fingerprint density at radius 2 is 1.76 bits per heavy atom. The van der Waals surface area contributed by atoms with Crippen molar-refractivity contribution < 1.29 is 23.7 Å². The molecule has 0 aliphatic carbocycles. The van der Waals surface area contributed by atoms with E-state index in [1.54, 1.807) is 19.4 Å². The predicted molar refractivity (Wildman–Crippen MR) is 177 cm³/mol. The van der Waals surface area contributed by atoms with Crippen LogP contribution in [0.4, 0.5) is 4.79 Å². The second-order valence-electron chi connectivity index (χ2n) is 12.8. The highest BCUT2D eigenvalue weighted by atomic mass is 16.6. The van der Waals surface area contributed by atoms with Gasteiger partial charge in [-0.1, -0.05) is 12.1 Å². The van der Waals surface area contributed by atoms with Crippen LogP contribution < -0.4 is 19.8 Å². The van der Waals surface area contributed by atoms with Crippen LogP contribution in [-0.4, -0.2) is 77.0 Å². The first-order valence-electron chi connectivity index (χ1n) is 15.9. The second kappa shape index (κ2) is 13.4. The van der Waals surface area contributed by atoms with Crippen LogP contribution in [-0.2, 0) is 17.8 Å². The number of fused-ring (bicyclic) bond motifs is 2. The number of amides is 1. The number of likely N-dealkylation sites (tertiary alicyclic amines) is 1. The summed E-state index contributed by atoms with van der Waals surface area (Å²) in [5.41, 5.74) is 2.67. The zero-order valence-electron chi connectivity index (χ0n) is 27.0. The van der Waals surface area contributed by atoms with Crippen LogP contribution in [0.3, 0.4) is 0 Å². The number of aromatic nitrogens is 2. The summed E-state index contributed by atoms with van der Waals surface area (Å²) in [5, 5.41) is 0.949. The van der Waals surface area contributed by atoms with Crippen molar-refractivity contribution in [2.24, 2.45) is 0 Å². The smallest absolute Gasteiger partial charge is 0.410 e. The Morgan fingerprint density at radius 3 is 2.48 bits per heavy atom. The van der Waals surface area contributed by atoms with Crippen molar-refractivity contribution in [3.05, 3.63) is 82.8 Å². The Morgan fingerprint density at radius 1 is 0.978 bits per heavy atom. The Hall–Kier alpha value is -4.57. The zero-order chi connectivity index (χ0) is 32.3. The third-order valence-corrected chi connectivity index (χ3v) is 8.49. The van der Waals surface area contributed by atoms with Gasteiger partial charge in [-0.15, -0.1) is 0 Å². The SMILES string of the molecule is COc1ccc2c(-c3ccccn3)cc(=O)n(CCN3CCC(N(Cc4ccc5c(c4)OCCO5)C(=O)OC(C)(C)C)CC3)c2c1. The number of hydrogen-bond donors (Lipinski definition) is 0. The molecule has 0 N–H and O–H groups in total. The largest absolute Gasteiger partial charge is 0.497 e. The van der Waals surface area contributed by atoms with E-state index >= 15 is 0 Å². The van der Waals surface area contributed by atoms with E-state index in [4.69, 9.17) is 18.9 Å². The molecule has 1 fully saturated rings. The van der Waals surface area contributed by atoms with E-state index in [1.807, 2.05) is 84.8 Å². The molecule has 46 heavy (non-hydrogen) atoms. The van der Waals surface area contributed by atoms with E-state index in [-0.39, 0.29) is 17.7 Å². The van der Waals surface area contributed by atoms with Crippen molar-refractivity contribution in [3.8, 4) is 28.5 Å². The Bertz CT molecular complexity index is 1740. The van der Waals surface area contributed by atoms with Crippen molar-refractivity contribution in [2.75, 3.05) is 40.0 Å². The maximum atomic E-state index is 13.5. The molecule has 6 rings (SSSR count). The number of nitrogens with zero attached hydrogens (tertiary/aromatic N) is 4. The molecule has 2 aliphatic rings. The molecule has 242 valence electrons. The lowest BCUT2D eigenvalue weighted by atomic mass is 10.0. The fourth-order valence-electron chi connectivity index (χ4n) is 6.19. The van der Waals surface area contributed by atoms with Crippen LogP contribution in [0.15, 0.2) is 71.7 Å². The fraction of sp³-hybridized carbons (Fsp3) is 0.417. The third-order valence-electron chi connectivity index (χ3n) is 8.49. The minimum Gasteiger partial charge on any atom is -0.497 e. The highest BCUT2D eigenvalue weighted by Crippen LogP contribution is 2.32. The van der Waals surface area contributed by atoms with Gasteiger partial charge in [0, 0.05) is 68.0 Å². The van der Waals surface area contributed by atoms with E-state index in [9.17, 15) is 9.59 Å². The summed E-state index contributed by atoms with van der Waals surface area (Å²) in [6, 6.07) is 19.1. The summed E-state index contributed by atoms with van der Waals surface area (Å²) < 4.78 is 24.7. The van der Waals surface area contributed by atoms with Gasteiger partial charge >= 0.3 is 6.09 Å². The Kier molecular flexibility index (Phi) is 9.17.